The number of morpholine rings is 1. The molecule has 5 rings (SSSR count). The Morgan fingerprint density at radius 2 is 1.84 bits per heavy atom. The number of hydrogen-bond donors (Lipinski definition) is 1. The van der Waals surface area contributed by atoms with Gasteiger partial charge in [0.25, 0.3) is 0 Å². The maximum absolute atomic E-state index is 13.8. The van der Waals surface area contributed by atoms with Gasteiger partial charge in [-0.1, -0.05) is 43.5 Å². The molecule has 0 radical (unpaired) electrons. The van der Waals surface area contributed by atoms with Crippen molar-refractivity contribution in [3.05, 3.63) is 35.4 Å². The van der Waals surface area contributed by atoms with Crippen molar-refractivity contribution >= 4 is 11.8 Å². The predicted molar refractivity (Wildman–Crippen MR) is 142 cm³/mol. The topological polar surface area (TPSA) is 85.7 Å². The van der Waals surface area contributed by atoms with Gasteiger partial charge in [0.1, 0.15) is 5.54 Å². The first-order valence-electron chi connectivity index (χ1n) is 14.4. The highest BCUT2D eigenvalue weighted by molar-refractivity contribution is 5.86. The summed E-state index contributed by atoms with van der Waals surface area (Å²) < 4.78 is 5.42. The Morgan fingerprint density at radius 3 is 2.59 bits per heavy atom. The van der Waals surface area contributed by atoms with Crippen LogP contribution in [0.25, 0.3) is 0 Å². The second-order valence-corrected chi connectivity index (χ2v) is 11.7. The van der Waals surface area contributed by atoms with Gasteiger partial charge < -0.3 is 15.0 Å². The predicted octanol–water partition coefficient (Wildman–Crippen LogP) is 3.46. The maximum atomic E-state index is 13.8. The minimum Gasteiger partial charge on any atom is -0.378 e. The van der Waals surface area contributed by atoms with Crippen LogP contribution in [0.2, 0.25) is 0 Å². The van der Waals surface area contributed by atoms with Crippen LogP contribution < -0.4 is 5.32 Å². The van der Waals surface area contributed by atoms with Gasteiger partial charge in [0.05, 0.1) is 19.3 Å². The van der Waals surface area contributed by atoms with E-state index in [1.807, 2.05) is 4.90 Å². The van der Waals surface area contributed by atoms with Crippen LogP contribution in [0.15, 0.2) is 24.3 Å². The average Bonchev–Trinajstić information content (AvgIpc) is 3.38. The monoisotopic (exact) mass is 506 g/mol. The fourth-order valence-corrected chi connectivity index (χ4v) is 6.97. The first-order valence-corrected chi connectivity index (χ1v) is 14.4. The molecule has 7 nitrogen and oxygen atoms in total. The zero-order chi connectivity index (χ0) is 25.7. The summed E-state index contributed by atoms with van der Waals surface area (Å²) in [5.74, 6) is -0.142. The van der Waals surface area contributed by atoms with E-state index in [1.165, 1.54) is 43.2 Å². The molecule has 2 heterocycles. The van der Waals surface area contributed by atoms with E-state index >= 15 is 0 Å². The van der Waals surface area contributed by atoms with Crippen LogP contribution in [-0.4, -0.2) is 72.6 Å². The number of amides is 2. The largest absolute Gasteiger partial charge is 0.378 e. The molecule has 1 saturated carbocycles. The Kier molecular flexibility index (Phi) is 8.46. The first-order chi connectivity index (χ1) is 18.0. The Morgan fingerprint density at radius 1 is 1.08 bits per heavy atom. The van der Waals surface area contributed by atoms with Crippen molar-refractivity contribution in [1.29, 1.82) is 5.26 Å². The van der Waals surface area contributed by atoms with Crippen LogP contribution >= 0.6 is 0 Å². The summed E-state index contributed by atoms with van der Waals surface area (Å²) in [5.41, 5.74) is 1.92. The second kappa shape index (κ2) is 12.0. The van der Waals surface area contributed by atoms with Gasteiger partial charge >= 0.3 is 0 Å². The lowest BCUT2D eigenvalue weighted by Gasteiger charge is -2.33. The molecule has 0 bridgehead atoms. The van der Waals surface area contributed by atoms with Crippen LogP contribution in [-0.2, 0) is 27.2 Å². The molecular weight excluding hydrogens is 464 g/mol. The highest BCUT2D eigenvalue weighted by atomic mass is 16.5. The minimum absolute atomic E-state index is 0.0286. The van der Waals surface area contributed by atoms with Crippen molar-refractivity contribution in [2.24, 2.45) is 11.8 Å². The third kappa shape index (κ3) is 6.35. The Bertz CT molecular complexity index is 995. The molecule has 2 aliphatic carbocycles. The highest BCUT2D eigenvalue weighted by Gasteiger charge is 2.43. The summed E-state index contributed by atoms with van der Waals surface area (Å²) >= 11 is 0. The highest BCUT2D eigenvalue weighted by Crippen LogP contribution is 2.33. The number of ether oxygens (including phenoxy) is 1. The molecule has 1 aromatic carbocycles. The summed E-state index contributed by atoms with van der Waals surface area (Å²) in [7, 11) is 0. The number of carbonyl (C=O) groups excluding carboxylic acids is 2. The molecule has 4 aliphatic rings. The quantitative estimate of drug-likeness (QED) is 0.612. The number of likely N-dealkylation sites (tertiary alicyclic amines) is 1. The molecule has 3 unspecified atom stereocenters. The smallest absolute Gasteiger partial charge is 0.224 e. The number of aryl methyl sites for hydroxylation is 1. The van der Waals surface area contributed by atoms with Crippen molar-refractivity contribution in [1.82, 2.24) is 15.1 Å². The molecule has 2 amide bonds. The van der Waals surface area contributed by atoms with E-state index in [1.54, 1.807) is 0 Å². The summed E-state index contributed by atoms with van der Waals surface area (Å²) in [4.78, 5) is 31.3. The fraction of sp³-hybridized carbons (Fsp3) is 0.700. The van der Waals surface area contributed by atoms with Crippen LogP contribution in [0.1, 0.15) is 68.9 Å². The Hall–Kier alpha value is -2.43. The number of fused-ring (bicyclic) bond motifs is 1. The van der Waals surface area contributed by atoms with Gasteiger partial charge in [0.15, 0.2) is 0 Å². The van der Waals surface area contributed by atoms with Gasteiger partial charge in [-0.05, 0) is 62.0 Å². The fourth-order valence-electron chi connectivity index (χ4n) is 6.97. The van der Waals surface area contributed by atoms with E-state index in [2.05, 4.69) is 40.6 Å². The van der Waals surface area contributed by atoms with Crippen LogP contribution in [0.5, 0.6) is 0 Å². The second-order valence-electron chi connectivity index (χ2n) is 11.7. The lowest BCUT2D eigenvalue weighted by atomic mass is 9.78. The van der Waals surface area contributed by atoms with Crippen LogP contribution in [0.4, 0.5) is 0 Å². The number of hydrogen-bond acceptors (Lipinski definition) is 5. The zero-order valence-corrected chi connectivity index (χ0v) is 22.1. The normalized spacial score (nSPS) is 27.8. The Labute approximate surface area is 221 Å². The molecular formula is C30H42N4O3. The molecule has 0 spiro atoms. The van der Waals surface area contributed by atoms with Gasteiger partial charge in [-0.15, -0.1) is 0 Å². The van der Waals surface area contributed by atoms with Crippen molar-refractivity contribution in [3.63, 3.8) is 0 Å². The van der Waals surface area contributed by atoms with E-state index in [0.29, 0.717) is 57.6 Å². The summed E-state index contributed by atoms with van der Waals surface area (Å²) in [6.45, 7) is 3.73. The minimum atomic E-state index is -0.853. The molecule has 2 saturated heterocycles. The summed E-state index contributed by atoms with van der Waals surface area (Å²) in [6.07, 6.45) is 10.7. The summed E-state index contributed by atoms with van der Waals surface area (Å²) in [6, 6.07) is 11.6. The zero-order valence-electron chi connectivity index (χ0n) is 22.1. The van der Waals surface area contributed by atoms with Crippen molar-refractivity contribution in [2.45, 2.75) is 82.2 Å². The molecule has 1 N–H and O–H groups in total. The standard InChI is InChI=1S/C30H42N4O3/c31-21-30(12-13-34(22-30)27-8-2-1-3-9-27)32-29(36)26(20-28(35)33-14-16-37-17-15-33)19-23-10-11-24-6-4-5-7-25(24)18-23/h4-7,23,26-27H,1-3,8-20,22H2,(H,32,36). The van der Waals surface area contributed by atoms with Gasteiger partial charge in [0.2, 0.25) is 11.8 Å². The average molecular weight is 507 g/mol. The number of carbonyl (C=O) groups is 2. The molecule has 7 heteroatoms. The van der Waals surface area contributed by atoms with E-state index in [4.69, 9.17) is 4.74 Å². The summed E-state index contributed by atoms with van der Waals surface area (Å²) in [5, 5.41) is 13.4. The van der Waals surface area contributed by atoms with E-state index < -0.39 is 11.5 Å². The van der Waals surface area contributed by atoms with Gasteiger partial charge in [-0.3, -0.25) is 14.5 Å². The number of rotatable bonds is 7. The first kappa shape index (κ1) is 26.2. The van der Waals surface area contributed by atoms with Gasteiger partial charge in [-0.2, -0.15) is 5.26 Å². The van der Waals surface area contributed by atoms with Gasteiger partial charge in [0, 0.05) is 44.6 Å². The molecule has 37 heavy (non-hydrogen) atoms. The SMILES string of the molecule is N#CC1(NC(=O)C(CC(=O)N2CCOCC2)CC2CCc3ccccc3C2)CCN(C2CCCCC2)C1. The number of nitriles is 1. The van der Waals surface area contributed by atoms with Crippen molar-refractivity contribution < 1.29 is 14.3 Å². The van der Waals surface area contributed by atoms with E-state index in [0.717, 1.165) is 25.8 Å². The molecule has 3 fully saturated rings. The van der Waals surface area contributed by atoms with Crippen LogP contribution in [0, 0.1) is 23.2 Å². The molecule has 0 aromatic heterocycles. The van der Waals surface area contributed by atoms with Gasteiger partial charge in [-0.25, -0.2) is 0 Å². The van der Waals surface area contributed by atoms with Crippen molar-refractivity contribution in [2.75, 3.05) is 39.4 Å². The molecule has 1 aromatic rings. The lowest BCUT2D eigenvalue weighted by Crippen LogP contribution is -2.53. The van der Waals surface area contributed by atoms with E-state index in [-0.39, 0.29) is 18.2 Å². The number of nitrogens with zero attached hydrogens (tertiary/aromatic N) is 3. The van der Waals surface area contributed by atoms with E-state index in [9.17, 15) is 14.9 Å². The molecule has 3 atom stereocenters. The lowest BCUT2D eigenvalue weighted by molar-refractivity contribution is -0.140. The molecule has 200 valence electrons. The number of nitrogens with one attached hydrogen (secondary N) is 1. The van der Waals surface area contributed by atoms with Crippen molar-refractivity contribution in [3.8, 4) is 6.07 Å². The third-order valence-electron chi connectivity index (χ3n) is 9.19. The molecule has 2 aliphatic heterocycles. The number of benzene rings is 1. The van der Waals surface area contributed by atoms with Crippen LogP contribution in [0.3, 0.4) is 0 Å². The maximum Gasteiger partial charge on any atom is 0.224 e. The Balaban J connectivity index is 1.27. The third-order valence-corrected chi connectivity index (χ3v) is 9.19.